The smallest absolute Gasteiger partial charge is 0.264 e. The molecule has 0 heterocycles. The van der Waals surface area contributed by atoms with E-state index in [0.717, 1.165) is 15.6 Å². The van der Waals surface area contributed by atoms with Gasteiger partial charge in [-0.3, -0.25) is 9.10 Å². The average Bonchev–Trinajstić information content (AvgIpc) is 2.83. The van der Waals surface area contributed by atoms with Crippen molar-refractivity contribution in [2.75, 3.05) is 24.6 Å². The fourth-order valence-corrected chi connectivity index (χ4v) is 5.07. The van der Waals surface area contributed by atoms with Crippen LogP contribution in [0.15, 0.2) is 77.7 Å². The molecule has 180 valence electrons. The number of nitrogens with one attached hydrogen (secondary N) is 1. The standard InChI is InChI=1S/C26H30N2O5S/c1-5-33-23-13-11-21(12-14-23)20(3)27-26(29)18-28(22-9-7-6-8-10-22)34(30,31)24-15-16-25(32-4)19(2)17-24/h6-17,20H,5,18H2,1-4H3,(H,27,29). The molecule has 1 amide bonds. The van der Waals surface area contributed by atoms with Crippen LogP contribution in [0.25, 0.3) is 0 Å². The topological polar surface area (TPSA) is 84.9 Å². The van der Waals surface area contributed by atoms with Gasteiger partial charge in [-0.05, 0) is 74.4 Å². The second-order valence-corrected chi connectivity index (χ2v) is 9.63. The maximum absolute atomic E-state index is 13.6. The van der Waals surface area contributed by atoms with Crippen LogP contribution >= 0.6 is 0 Å². The quantitative estimate of drug-likeness (QED) is 0.461. The van der Waals surface area contributed by atoms with E-state index in [1.165, 1.54) is 13.2 Å². The van der Waals surface area contributed by atoms with Crippen LogP contribution in [0, 0.1) is 6.92 Å². The summed E-state index contributed by atoms with van der Waals surface area (Å²) in [6, 6.07) is 20.4. The molecule has 1 unspecified atom stereocenters. The first kappa shape index (κ1) is 25.1. The molecule has 0 bridgehead atoms. The molecule has 0 radical (unpaired) electrons. The van der Waals surface area contributed by atoms with Gasteiger partial charge < -0.3 is 14.8 Å². The van der Waals surface area contributed by atoms with E-state index in [1.807, 2.05) is 38.1 Å². The van der Waals surface area contributed by atoms with Gasteiger partial charge in [0.15, 0.2) is 0 Å². The van der Waals surface area contributed by atoms with Crippen LogP contribution in [-0.2, 0) is 14.8 Å². The number of sulfonamides is 1. The van der Waals surface area contributed by atoms with Crippen molar-refractivity contribution in [1.29, 1.82) is 0 Å². The number of carbonyl (C=O) groups excluding carboxylic acids is 1. The summed E-state index contributed by atoms with van der Waals surface area (Å²) in [4.78, 5) is 13.0. The fraction of sp³-hybridized carbons (Fsp3) is 0.269. The molecule has 0 aliphatic heterocycles. The second kappa shape index (κ2) is 11.1. The molecule has 0 fully saturated rings. The highest BCUT2D eigenvalue weighted by atomic mass is 32.2. The number of hydrogen-bond donors (Lipinski definition) is 1. The van der Waals surface area contributed by atoms with Gasteiger partial charge in [-0.1, -0.05) is 30.3 Å². The van der Waals surface area contributed by atoms with Crippen molar-refractivity contribution in [2.24, 2.45) is 0 Å². The highest BCUT2D eigenvalue weighted by Gasteiger charge is 2.28. The first-order chi connectivity index (χ1) is 16.3. The van der Waals surface area contributed by atoms with Crippen LogP contribution in [0.2, 0.25) is 0 Å². The molecule has 3 aromatic carbocycles. The van der Waals surface area contributed by atoms with Gasteiger partial charge in [0, 0.05) is 0 Å². The first-order valence-corrected chi connectivity index (χ1v) is 12.4. The van der Waals surface area contributed by atoms with Crippen LogP contribution in [-0.4, -0.2) is 34.6 Å². The minimum absolute atomic E-state index is 0.0852. The van der Waals surface area contributed by atoms with Gasteiger partial charge in [0.25, 0.3) is 10.0 Å². The molecule has 0 aliphatic rings. The summed E-state index contributed by atoms with van der Waals surface area (Å²) in [5.41, 5.74) is 1.97. The largest absolute Gasteiger partial charge is 0.496 e. The zero-order valence-corrected chi connectivity index (χ0v) is 20.6. The Hall–Kier alpha value is -3.52. The molecule has 3 rings (SSSR count). The predicted octanol–water partition coefficient (Wildman–Crippen LogP) is 4.48. The summed E-state index contributed by atoms with van der Waals surface area (Å²) in [6.07, 6.45) is 0. The van der Waals surface area contributed by atoms with E-state index < -0.39 is 15.9 Å². The molecule has 7 nitrogen and oxygen atoms in total. The zero-order chi connectivity index (χ0) is 24.7. The SMILES string of the molecule is CCOc1ccc(C(C)NC(=O)CN(c2ccccc2)S(=O)(=O)c2ccc(OC)c(C)c2)cc1. The lowest BCUT2D eigenvalue weighted by molar-refractivity contribution is -0.120. The van der Waals surface area contributed by atoms with Gasteiger partial charge in [0.1, 0.15) is 18.0 Å². The Morgan fingerprint density at radius 2 is 1.71 bits per heavy atom. The van der Waals surface area contributed by atoms with Crippen LogP contribution in [0.4, 0.5) is 5.69 Å². The Bertz CT molecular complexity index is 1210. The van der Waals surface area contributed by atoms with E-state index in [1.54, 1.807) is 49.4 Å². The molecule has 8 heteroatoms. The third-order valence-corrected chi connectivity index (χ3v) is 7.12. The van der Waals surface area contributed by atoms with Gasteiger partial charge >= 0.3 is 0 Å². The second-order valence-electron chi connectivity index (χ2n) is 7.77. The monoisotopic (exact) mass is 482 g/mol. The number of rotatable bonds is 10. The lowest BCUT2D eigenvalue weighted by Gasteiger charge is -2.25. The number of ether oxygens (including phenoxy) is 2. The Morgan fingerprint density at radius 3 is 2.29 bits per heavy atom. The lowest BCUT2D eigenvalue weighted by Crippen LogP contribution is -2.41. The van der Waals surface area contributed by atoms with E-state index >= 15 is 0 Å². The Morgan fingerprint density at radius 1 is 1.03 bits per heavy atom. The minimum atomic E-state index is -4.01. The molecular weight excluding hydrogens is 452 g/mol. The minimum Gasteiger partial charge on any atom is -0.496 e. The zero-order valence-electron chi connectivity index (χ0n) is 19.8. The molecule has 34 heavy (non-hydrogen) atoms. The van der Waals surface area contributed by atoms with Crippen molar-refractivity contribution < 1.29 is 22.7 Å². The van der Waals surface area contributed by atoms with Crippen molar-refractivity contribution in [2.45, 2.75) is 31.7 Å². The number of para-hydroxylation sites is 1. The summed E-state index contributed by atoms with van der Waals surface area (Å²) in [6.45, 7) is 5.75. The average molecular weight is 483 g/mol. The van der Waals surface area contributed by atoms with Gasteiger partial charge in [-0.15, -0.1) is 0 Å². The number of benzene rings is 3. The first-order valence-electron chi connectivity index (χ1n) is 11.0. The molecule has 0 saturated carbocycles. The predicted molar refractivity (Wildman–Crippen MR) is 133 cm³/mol. The van der Waals surface area contributed by atoms with Crippen LogP contribution in [0.3, 0.4) is 0 Å². The number of anilines is 1. The molecule has 3 aromatic rings. The van der Waals surface area contributed by atoms with Gasteiger partial charge in [0.05, 0.1) is 30.3 Å². The summed E-state index contributed by atoms with van der Waals surface area (Å²) < 4.78 is 39.0. The maximum atomic E-state index is 13.6. The number of aryl methyl sites for hydroxylation is 1. The summed E-state index contributed by atoms with van der Waals surface area (Å²) in [5, 5.41) is 2.90. The van der Waals surface area contributed by atoms with Crippen molar-refractivity contribution >= 4 is 21.6 Å². The van der Waals surface area contributed by atoms with E-state index in [9.17, 15) is 13.2 Å². The highest BCUT2D eigenvalue weighted by molar-refractivity contribution is 7.92. The van der Waals surface area contributed by atoms with Gasteiger partial charge in [-0.25, -0.2) is 8.42 Å². The maximum Gasteiger partial charge on any atom is 0.264 e. The van der Waals surface area contributed by atoms with Crippen molar-refractivity contribution in [3.63, 3.8) is 0 Å². The third-order valence-electron chi connectivity index (χ3n) is 5.35. The Balaban J connectivity index is 1.84. The lowest BCUT2D eigenvalue weighted by atomic mass is 10.1. The van der Waals surface area contributed by atoms with Crippen LogP contribution < -0.4 is 19.1 Å². The third kappa shape index (κ3) is 5.88. The number of carbonyl (C=O) groups is 1. The van der Waals surface area contributed by atoms with E-state index in [2.05, 4.69) is 5.32 Å². The van der Waals surface area contributed by atoms with Crippen molar-refractivity contribution in [1.82, 2.24) is 5.32 Å². The van der Waals surface area contributed by atoms with E-state index in [-0.39, 0.29) is 17.5 Å². The van der Waals surface area contributed by atoms with Crippen molar-refractivity contribution in [3.05, 3.63) is 83.9 Å². The van der Waals surface area contributed by atoms with Gasteiger partial charge in [0.2, 0.25) is 5.91 Å². The summed E-state index contributed by atoms with van der Waals surface area (Å²) in [5.74, 6) is 0.923. The van der Waals surface area contributed by atoms with Crippen molar-refractivity contribution in [3.8, 4) is 11.5 Å². The number of methoxy groups -OCH3 is 1. The summed E-state index contributed by atoms with van der Waals surface area (Å²) >= 11 is 0. The molecule has 1 N–H and O–H groups in total. The van der Waals surface area contributed by atoms with Gasteiger partial charge in [-0.2, -0.15) is 0 Å². The van der Waals surface area contributed by atoms with E-state index in [0.29, 0.717) is 23.6 Å². The molecular formula is C26H30N2O5S. The molecule has 0 aromatic heterocycles. The van der Waals surface area contributed by atoms with Crippen LogP contribution in [0.5, 0.6) is 11.5 Å². The number of nitrogens with zero attached hydrogens (tertiary/aromatic N) is 1. The molecule has 1 atom stereocenters. The molecule has 0 saturated heterocycles. The Labute approximate surface area is 201 Å². The number of amides is 1. The van der Waals surface area contributed by atoms with E-state index in [4.69, 9.17) is 9.47 Å². The van der Waals surface area contributed by atoms with Crippen LogP contribution in [0.1, 0.15) is 31.0 Å². The molecule has 0 aliphatic carbocycles. The highest BCUT2D eigenvalue weighted by Crippen LogP contribution is 2.27. The number of hydrogen-bond acceptors (Lipinski definition) is 5. The normalized spacial score (nSPS) is 12.0. The molecule has 0 spiro atoms. The fourth-order valence-electron chi connectivity index (χ4n) is 3.57. The summed E-state index contributed by atoms with van der Waals surface area (Å²) in [7, 11) is -2.48. The Kier molecular flexibility index (Phi) is 8.17.